The first-order valence-corrected chi connectivity index (χ1v) is 15.3. The van der Waals surface area contributed by atoms with E-state index in [0.29, 0.717) is 37.4 Å². The van der Waals surface area contributed by atoms with Crippen molar-refractivity contribution in [3.8, 4) is 11.5 Å². The molecule has 7 N–H and O–H groups in total. The van der Waals surface area contributed by atoms with Crippen LogP contribution in [0, 0.1) is 5.41 Å². The van der Waals surface area contributed by atoms with E-state index in [9.17, 15) is 14.7 Å². The number of phenolic OH excluding ortho intramolecular Hbond substituents is 1. The summed E-state index contributed by atoms with van der Waals surface area (Å²) in [5.74, 6) is 2.24. The van der Waals surface area contributed by atoms with Gasteiger partial charge in [0.15, 0.2) is 0 Å². The first-order valence-electron chi connectivity index (χ1n) is 15.3. The number of carbonyl (C=O) groups excluding carboxylic acids is 2. The third-order valence-electron chi connectivity index (χ3n) is 6.93. The molecule has 10 heteroatoms. The minimum absolute atomic E-state index is 0.105. The number of hydrogen-bond donors (Lipinski definition) is 6. The monoisotopic (exact) mass is 643 g/mol. The average Bonchev–Trinajstić information content (AvgIpc) is 3.04. The molecule has 3 rings (SSSR count). The lowest BCUT2D eigenvalue weighted by molar-refractivity contribution is -0.109. The first kappa shape index (κ1) is 38.1. The molecular weight excluding hydrogens is 594 g/mol. The number of nitrogens with one attached hydrogen (secondary N) is 4. The number of hydrogen-bond acceptors (Lipinski definition) is 8. The first-order chi connectivity index (χ1) is 22.5. The van der Waals surface area contributed by atoms with Crippen LogP contribution in [-0.4, -0.2) is 38.1 Å². The second-order valence-corrected chi connectivity index (χ2v) is 11.7. The number of rotatable bonds is 16. The predicted octanol–water partition coefficient (Wildman–Crippen LogP) is 5.47. The van der Waals surface area contributed by atoms with Gasteiger partial charge in [-0.05, 0) is 97.1 Å². The van der Waals surface area contributed by atoms with Crippen molar-refractivity contribution in [1.29, 1.82) is 0 Å². The summed E-state index contributed by atoms with van der Waals surface area (Å²) in [4.78, 5) is 21.3. The van der Waals surface area contributed by atoms with Gasteiger partial charge in [-0.25, -0.2) is 0 Å². The summed E-state index contributed by atoms with van der Waals surface area (Å²) < 4.78 is 11.3. The molecule has 0 saturated heterocycles. The number of amides is 2. The molecule has 0 bridgehead atoms. The number of benzene rings is 3. The largest absolute Gasteiger partial charge is 0.508 e. The van der Waals surface area contributed by atoms with Gasteiger partial charge < -0.3 is 41.6 Å². The molecule has 0 spiro atoms. The SMILES string of the molecule is CC(C)(C)C(N)/C=C(/NC=O)Nc1ccc(O)cc1.CNCc1ccccc1COC(/C=C(/C)NC=O)=C/Cc1ccc(OC)cc1. The number of carbonyl (C=O) groups is 2. The van der Waals surface area contributed by atoms with Crippen molar-refractivity contribution in [3.63, 3.8) is 0 Å². The molecular formula is C37H49N5O5. The van der Waals surface area contributed by atoms with Crippen LogP contribution in [0.2, 0.25) is 0 Å². The topological polar surface area (TPSA) is 147 Å². The van der Waals surface area contributed by atoms with Gasteiger partial charge in [0, 0.05) is 24.0 Å². The maximum Gasteiger partial charge on any atom is 0.212 e. The Hall–Kier alpha value is -5.06. The van der Waals surface area contributed by atoms with Crippen molar-refractivity contribution in [1.82, 2.24) is 16.0 Å². The van der Waals surface area contributed by atoms with Crippen LogP contribution in [0.1, 0.15) is 44.4 Å². The van der Waals surface area contributed by atoms with E-state index >= 15 is 0 Å². The average molecular weight is 644 g/mol. The summed E-state index contributed by atoms with van der Waals surface area (Å²) in [6.45, 7) is 9.13. The Kier molecular flexibility index (Phi) is 16.3. The highest BCUT2D eigenvalue weighted by Crippen LogP contribution is 2.20. The molecule has 3 aromatic carbocycles. The molecule has 0 saturated carbocycles. The fourth-order valence-electron chi connectivity index (χ4n) is 4.03. The number of anilines is 1. The third-order valence-corrected chi connectivity index (χ3v) is 6.93. The Morgan fingerprint density at radius 3 is 2.15 bits per heavy atom. The number of nitrogens with two attached hydrogens (primary N) is 1. The lowest BCUT2D eigenvalue weighted by Crippen LogP contribution is -2.35. The molecule has 1 unspecified atom stereocenters. The normalized spacial score (nSPS) is 12.6. The van der Waals surface area contributed by atoms with Crippen molar-refractivity contribution in [2.24, 2.45) is 11.1 Å². The van der Waals surface area contributed by atoms with Gasteiger partial charge in [0.2, 0.25) is 12.8 Å². The standard InChI is InChI=1S/C23H28N2O3.C14H21N3O2/c1-18(25-17-26)14-23(13-10-19-8-11-22(27-3)12-9-19)28-16-21-7-5-4-6-20(21)15-24-2;1-14(2,3)12(15)8-13(16-9-18)17-10-4-6-11(19)7-5-10/h4-9,11-14,17,24H,10,15-16H2,1-3H3,(H,25,26);4-9,12,17,19H,15H2,1-3H3,(H,16,18)/b18-14-,23-13+;13-8-. The molecule has 0 heterocycles. The fourth-order valence-corrected chi connectivity index (χ4v) is 4.03. The summed E-state index contributed by atoms with van der Waals surface area (Å²) in [7, 11) is 3.58. The molecule has 0 radical (unpaired) electrons. The number of ether oxygens (including phenoxy) is 2. The lowest BCUT2D eigenvalue weighted by Gasteiger charge is -2.25. The van der Waals surface area contributed by atoms with Gasteiger partial charge in [-0.2, -0.15) is 0 Å². The molecule has 0 aliphatic heterocycles. The quantitative estimate of drug-likeness (QED) is 0.0521. The number of methoxy groups -OCH3 is 1. The predicted molar refractivity (Wildman–Crippen MR) is 188 cm³/mol. The number of allylic oxidation sites excluding steroid dienone is 3. The molecule has 0 aliphatic rings. The van der Waals surface area contributed by atoms with Crippen LogP contribution in [0.3, 0.4) is 0 Å². The molecule has 1 atom stereocenters. The number of phenols is 1. The van der Waals surface area contributed by atoms with E-state index in [-0.39, 0.29) is 17.2 Å². The molecule has 3 aromatic rings. The lowest BCUT2D eigenvalue weighted by atomic mass is 9.87. The Morgan fingerprint density at radius 1 is 0.936 bits per heavy atom. The van der Waals surface area contributed by atoms with Crippen LogP contribution in [0.25, 0.3) is 0 Å². The zero-order valence-electron chi connectivity index (χ0n) is 28.2. The van der Waals surface area contributed by atoms with E-state index in [1.807, 2.05) is 83.3 Å². The Balaban J connectivity index is 0.000000353. The summed E-state index contributed by atoms with van der Waals surface area (Å²) in [5.41, 5.74) is 10.9. The summed E-state index contributed by atoms with van der Waals surface area (Å²) >= 11 is 0. The van der Waals surface area contributed by atoms with E-state index in [0.717, 1.165) is 34.8 Å². The van der Waals surface area contributed by atoms with Gasteiger partial charge in [-0.1, -0.05) is 57.2 Å². The minimum atomic E-state index is -0.209. The summed E-state index contributed by atoms with van der Waals surface area (Å²) in [6, 6.07) is 22.4. The molecule has 10 nitrogen and oxygen atoms in total. The Labute approximate surface area is 278 Å². The zero-order chi connectivity index (χ0) is 34.7. The van der Waals surface area contributed by atoms with E-state index in [1.54, 1.807) is 37.5 Å². The van der Waals surface area contributed by atoms with Crippen molar-refractivity contribution < 1.29 is 24.2 Å². The molecule has 0 aromatic heterocycles. The number of aromatic hydroxyl groups is 1. The fraction of sp³-hybridized carbons (Fsp3) is 0.297. The summed E-state index contributed by atoms with van der Waals surface area (Å²) in [5, 5.41) is 20.7. The van der Waals surface area contributed by atoms with Gasteiger partial charge >= 0.3 is 0 Å². The van der Waals surface area contributed by atoms with E-state index in [2.05, 4.69) is 33.4 Å². The Bertz CT molecular complexity index is 1480. The third kappa shape index (κ3) is 14.7. The van der Waals surface area contributed by atoms with Crippen molar-refractivity contribution in [2.75, 3.05) is 19.5 Å². The van der Waals surface area contributed by atoms with Crippen LogP contribution in [-0.2, 0) is 33.9 Å². The molecule has 0 fully saturated rings. The molecule has 252 valence electrons. The van der Waals surface area contributed by atoms with E-state index in [1.165, 1.54) is 5.56 Å². The van der Waals surface area contributed by atoms with Gasteiger partial charge in [0.25, 0.3) is 0 Å². The van der Waals surface area contributed by atoms with Crippen LogP contribution >= 0.6 is 0 Å². The maximum absolute atomic E-state index is 10.7. The van der Waals surface area contributed by atoms with Crippen LogP contribution in [0.15, 0.2) is 108 Å². The zero-order valence-corrected chi connectivity index (χ0v) is 28.2. The van der Waals surface area contributed by atoms with Gasteiger partial charge in [-0.3, -0.25) is 9.59 Å². The second kappa shape index (κ2) is 20.1. The maximum atomic E-state index is 10.7. The molecule has 0 aliphatic carbocycles. The van der Waals surface area contributed by atoms with Crippen LogP contribution in [0.4, 0.5) is 5.69 Å². The highest BCUT2D eigenvalue weighted by molar-refractivity contribution is 5.56. The van der Waals surface area contributed by atoms with Crippen molar-refractivity contribution >= 4 is 18.5 Å². The van der Waals surface area contributed by atoms with Gasteiger partial charge in [-0.15, -0.1) is 0 Å². The highest BCUT2D eigenvalue weighted by atomic mass is 16.5. The van der Waals surface area contributed by atoms with Crippen LogP contribution < -0.4 is 31.7 Å². The van der Waals surface area contributed by atoms with E-state index < -0.39 is 0 Å². The van der Waals surface area contributed by atoms with Gasteiger partial charge in [0.05, 0.1) is 7.11 Å². The highest BCUT2D eigenvalue weighted by Gasteiger charge is 2.19. The van der Waals surface area contributed by atoms with E-state index in [4.69, 9.17) is 15.2 Å². The smallest absolute Gasteiger partial charge is 0.212 e. The van der Waals surface area contributed by atoms with Crippen LogP contribution in [0.5, 0.6) is 11.5 Å². The van der Waals surface area contributed by atoms with Gasteiger partial charge in [0.1, 0.15) is 29.7 Å². The molecule has 47 heavy (non-hydrogen) atoms. The van der Waals surface area contributed by atoms with Crippen molar-refractivity contribution in [3.05, 3.63) is 125 Å². The Morgan fingerprint density at radius 2 is 1.57 bits per heavy atom. The second-order valence-electron chi connectivity index (χ2n) is 11.7. The summed E-state index contributed by atoms with van der Waals surface area (Å²) in [6.07, 6.45) is 7.57. The molecule has 2 amide bonds. The minimum Gasteiger partial charge on any atom is -0.508 e. The van der Waals surface area contributed by atoms with Crippen molar-refractivity contribution in [2.45, 2.75) is 53.3 Å².